The standard InChI is InChI=1S/C24H33ClN4O2/c1-16-5-4-11-24(31,13-16)15-26-23(30)22-18-6-9-21(27-20(18)8-7-19(22)25)29-12-10-17(14-29)28(2)3/h6-9,16-17,31H,4-5,10-15H2,1-3H3,(H,26,30)/t16-,17-,24-/m1/s1. The number of benzene rings is 1. The summed E-state index contributed by atoms with van der Waals surface area (Å²) in [5.74, 6) is 1.14. The summed E-state index contributed by atoms with van der Waals surface area (Å²) in [5.41, 5.74) is 0.345. The van der Waals surface area contributed by atoms with Gasteiger partial charge in [0, 0.05) is 31.1 Å². The maximum Gasteiger partial charge on any atom is 0.253 e. The van der Waals surface area contributed by atoms with Crippen LogP contribution >= 0.6 is 11.6 Å². The van der Waals surface area contributed by atoms with E-state index >= 15 is 0 Å². The number of hydrogen-bond acceptors (Lipinski definition) is 5. The highest BCUT2D eigenvalue weighted by Crippen LogP contribution is 2.32. The van der Waals surface area contributed by atoms with Crippen LogP contribution in [0.3, 0.4) is 0 Å². The third kappa shape index (κ3) is 4.81. The lowest BCUT2D eigenvalue weighted by Crippen LogP contribution is -2.45. The van der Waals surface area contributed by atoms with Crippen LogP contribution in [-0.2, 0) is 0 Å². The van der Waals surface area contributed by atoms with E-state index in [1.165, 1.54) is 0 Å². The number of aliphatic hydroxyl groups is 1. The molecule has 1 amide bonds. The third-order valence-corrected chi connectivity index (χ3v) is 7.21. The SMILES string of the molecule is C[C@@H]1CCC[C@](O)(CNC(=O)c2c(Cl)ccc3nc(N4CC[C@@H](N(C)C)C4)ccc23)C1. The molecule has 1 aromatic carbocycles. The fourth-order valence-corrected chi connectivity index (χ4v) is 5.32. The van der Waals surface area contributed by atoms with E-state index in [2.05, 4.69) is 36.1 Å². The predicted molar refractivity (Wildman–Crippen MR) is 126 cm³/mol. The number of halogens is 1. The molecule has 0 spiro atoms. The third-order valence-electron chi connectivity index (χ3n) is 6.90. The van der Waals surface area contributed by atoms with Crippen molar-refractivity contribution in [1.29, 1.82) is 0 Å². The molecule has 168 valence electrons. The van der Waals surface area contributed by atoms with Crippen LogP contribution < -0.4 is 10.2 Å². The van der Waals surface area contributed by atoms with Crippen molar-refractivity contribution in [3.8, 4) is 0 Å². The van der Waals surface area contributed by atoms with Gasteiger partial charge in [0.25, 0.3) is 5.91 Å². The van der Waals surface area contributed by atoms with E-state index < -0.39 is 5.60 Å². The molecule has 0 radical (unpaired) electrons. The van der Waals surface area contributed by atoms with Gasteiger partial charge < -0.3 is 20.2 Å². The molecule has 0 unspecified atom stereocenters. The van der Waals surface area contributed by atoms with Crippen molar-refractivity contribution in [2.75, 3.05) is 38.6 Å². The number of hydrogen-bond donors (Lipinski definition) is 2. The Kier molecular flexibility index (Phi) is 6.42. The summed E-state index contributed by atoms with van der Waals surface area (Å²) in [5, 5.41) is 14.9. The monoisotopic (exact) mass is 444 g/mol. The van der Waals surface area contributed by atoms with Crippen molar-refractivity contribution < 1.29 is 9.90 Å². The van der Waals surface area contributed by atoms with Crippen LogP contribution in [-0.4, -0.2) is 66.3 Å². The number of nitrogens with one attached hydrogen (secondary N) is 1. The molecule has 1 saturated carbocycles. The van der Waals surface area contributed by atoms with Crippen LogP contribution in [0.4, 0.5) is 5.82 Å². The second-order valence-corrected chi connectivity index (χ2v) is 10.0. The van der Waals surface area contributed by atoms with Gasteiger partial charge in [0.2, 0.25) is 0 Å². The fourth-order valence-electron chi connectivity index (χ4n) is 5.07. The Labute approximate surface area is 189 Å². The van der Waals surface area contributed by atoms with Gasteiger partial charge in [-0.2, -0.15) is 0 Å². The van der Waals surface area contributed by atoms with E-state index in [-0.39, 0.29) is 12.5 Å². The minimum Gasteiger partial charge on any atom is -0.388 e. The molecule has 0 bridgehead atoms. The summed E-state index contributed by atoms with van der Waals surface area (Å²) in [6.45, 7) is 4.31. The van der Waals surface area contributed by atoms with Crippen molar-refractivity contribution in [2.45, 2.75) is 50.7 Å². The molecule has 2 fully saturated rings. The van der Waals surface area contributed by atoms with Crippen LogP contribution in [0.5, 0.6) is 0 Å². The quantitative estimate of drug-likeness (QED) is 0.735. The topological polar surface area (TPSA) is 68.7 Å². The second kappa shape index (κ2) is 8.93. The minimum absolute atomic E-state index is 0.244. The number of pyridine rings is 1. The van der Waals surface area contributed by atoms with Crippen LogP contribution in [0.2, 0.25) is 5.02 Å². The predicted octanol–water partition coefficient (Wildman–Crippen LogP) is 3.70. The number of rotatable bonds is 5. The van der Waals surface area contributed by atoms with Gasteiger partial charge in [0.05, 0.1) is 21.7 Å². The highest BCUT2D eigenvalue weighted by atomic mass is 35.5. The highest BCUT2D eigenvalue weighted by Gasteiger charge is 2.33. The zero-order valence-corrected chi connectivity index (χ0v) is 19.5. The zero-order valence-electron chi connectivity index (χ0n) is 18.7. The van der Waals surface area contributed by atoms with E-state index in [4.69, 9.17) is 16.6 Å². The second-order valence-electron chi connectivity index (χ2n) is 9.62. The van der Waals surface area contributed by atoms with Gasteiger partial charge in [-0.05, 0) is 63.5 Å². The maximum absolute atomic E-state index is 13.1. The normalized spacial score (nSPS) is 26.6. The smallest absolute Gasteiger partial charge is 0.253 e. The van der Waals surface area contributed by atoms with Crippen molar-refractivity contribution in [3.63, 3.8) is 0 Å². The lowest BCUT2D eigenvalue weighted by atomic mass is 9.79. The molecule has 1 aromatic heterocycles. The van der Waals surface area contributed by atoms with Gasteiger partial charge >= 0.3 is 0 Å². The molecule has 2 N–H and O–H groups in total. The van der Waals surface area contributed by atoms with Crippen molar-refractivity contribution in [1.82, 2.24) is 15.2 Å². The van der Waals surface area contributed by atoms with Gasteiger partial charge in [0.15, 0.2) is 0 Å². The molecule has 2 heterocycles. The Balaban J connectivity index is 1.53. The van der Waals surface area contributed by atoms with E-state index in [1.807, 2.05) is 18.2 Å². The van der Waals surface area contributed by atoms with E-state index in [1.54, 1.807) is 6.07 Å². The van der Waals surface area contributed by atoms with Gasteiger partial charge in [-0.1, -0.05) is 31.4 Å². The minimum atomic E-state index is -0.839. The summed E-state index contributed by atoms with van der Waals surface area (Å²) in [4.78, 5) is 22.4. The summed E-state index contributed by atoms with van der Waals surface area (Å²) in [7, 11) is 4.22. The Hall–Kier alpha value is -1.89. The maximum atomic E-state index is 13.1. The molecule has 1 aliphatic carbocycles. The number of aromatic nitrogens is 1. The van der Waals surface area contributed by atoms with Crippen molar-refractivity contribution >= 4 is 34.2 Å². The van der Waals surface area contributed by atoms with Gasteiger partial charge in [-0.15, -0.1) is 0 Å². The van der Waals surface area contributed by atoms with Gasteiger partial charge in [-0.3, -0.25) is 4.79 Å². The van der Waals surface area contributed by atoms with E-state index in [9.17, 15) is 9.90 Å². The molecule has 2 aromatic rings. The van der Waals surface area contributed by atoms with Crippen LogP contribution in [0.1, 0.15) is 49.4 Å². The van der Waals surface area contributed by atoms with E-state index in [0.29, 0.717) is 29.0 Å². The molecule has 1 aliphatic heterocycles. The molecule has 7 heteroatoms. The van der Waals surface area contributed by atoms with Crippen LogP contribution in [0.25, 0.3) is 10.9 Å². The first-order chi connectivity index (χ1) is 14.8. The summed E-state index contributed by atoms with van der Waals surface area (Å²) in [6.07, 6.45) is 4.66. The first-order valence-corrected chi connectivity index (χ1v) is 11.6. The van der Waals surface area contributed by atoms with Gasteiger partial charge in [-0.25, -0.2) is 4.98 Å². The first kappa shape index (κ1) is 22.3. The Morgan fingerprint density at radius 2 is 2.13 bits per heavy atom. The van der Waals surface area contributed by atoms with Crippen molar-refractivity contribution in [3.05, 3.63) is 34.9 Å². The van der Waals surface area contributed by atoms with Crippen molar-refractivity contribution in [2.24, 2.45) is 5.92 Å². The molecule has 1 saturated heterocycles. The number of fused-ring (bicyclic) bond motifs is 1. The number of nitrogens with zero attached hydrogens (tertiary/aromatic N) is 3. The van der Waals surface area contributed by atoms with E-state index in [0.717, 1.165) is 55.5 Å². The fraction of sp³-hybridized carbons (Fsp3) is 0.583. The largest absolute Gasteiger partial charge is 0.388 e. The summed E-state index contributed by atoms with van der Waals surface area (Å²) >= 11 is 6.43. The Morgan fingerprint density at radius 1 is 1.32 bits per heavy atom. The molecule has 2 aliphatic rings. The lowest BCUT2D eigenvalue weighted by molar-refractivity contribution is -0.0109. The first-order valence-electron chi connectivity index (χ1n) is 11.3. The number of amides is 1. The highest BCUT2D eigenvalue weighted by molar-refractivity contribution is 6.35. The number of likely N-dealkylation sites (N-methyl/N-ethyl adjacent to an activating group) is 1. The average molecular weight is 445 g/mol. The summed E-state index contributed by atoms with van der Waals surface area (Å²) in [6, 6.07) is 8.05. The Bertz CT molecular complexity index is 966. The molecule has 31 heavy (non-hydrogen) atoms. The van der Waals surface area contributed by atoms with Gasteiger partial charge in [0.1, 0.15) is 5.82 Å². The lowest BCUT2D eigenvalue weighted by Gasteiger charge is -2.35. The molecular formula is C24H33ClN4O2. The van der Waals surface area contributed by atoms with Crippen LogP contribution in [0.15, 0.2) is 24.3 Å². The number of carbonyl (C=O) groups is 1. The number of anilines is 1. The number of carbonyl (C=O) groups excluding carboxylic acids is 1. The average Bonchev–Trinajstić information content (AvgIpc) is 3.22. The zero-order chi connectivity index (χ0) is 22.2. The molecule has 6 nitrogen and oxygen atoms in total. The summed E-state index contributed by atoms with van der Waals surface area (Å²) < 4.78 is 0. The molecular weight excluding hydrogens is 412 g/mol. The molecule has 3 atom stereocenters. The molecule has 4 rings (SSSR count). The van der Waals surface area contributed by atoms with Crippen LogP contribution in [0, 0.1) is 5.92 Å². The Morgan fingerprint density at radius 3 is 2.84 bits per heavy atom.